The molecule has 9 atom stereocenters. The largest absolute Gasteiger partial charge is 0.481 e. The van der Waals surface area contributed by atoms with Gasteiger partial charge in [0, 0.05) is 24.2 Å². The Morgan fingerprint density at radius 3 is 2.24 bits per heavy atom. The first kappa shape index (κ1) is 26.6. The van der Waals surface area contributed by atoms with Crippen molar-refractivity contribution < 1.29 is 19.5 Å². The van der Waals surface area contributed by atoms with E-state index in [2.05, 4.69) is 40.7 Å². The lowest BCUT2D eigenvalue weighted by Crippen LogP contribution is -2.67. The number of rotatable bonds is 2. The number of ketones is 2. The number of hydrogen-bond acceptors (Lipinski definition) is 4. The molecule has 0 spiro atoms. The average Bonchev–Trinajstić information content (AvgIpc) is 2.76. The van der Waals surface area contributed by atoms with E-state index in [0.717, 1.165) is 38.5 Å². The summed E-state index contributed by atoms with van der Waals surface area (Å²) in [6.45, 7) is 15.5. The molecular formula is C32H45NO4. The number of nitrogens with zero attached hydrogens (tertiary/aromatic N) is 1. The van der Waals surface area contributed by atoms with Gasteiger partial charge in [0.2, 0.25) is 0 Å². The fourth-order valence-corrected chi connectivity index (χ4v) is 11.3. The summed E-state index contributed by atoms with van der Waals surface area (Å²) in [4.78, 5) is 39.3. The van der Waals surface area contributed by atoms with Crippen LogP contribution < -0.4 is 0 Å². The minimum Gasteiger partial charge on any atom is -0.481 e. The highest BCUT2D eigenvalue weighted by atomic mass is 16.4. The fraction of sp³-hybridized carbons (Fsp3) is 0.812. The Hall–Kier alpha value is -1.96. The molecule has 0 aromatic heterocycles. The van der Waals surface area contributed by atoms with Gasteiger partial charge in [0.05, 0.1) is 5.57 Å². The maximum atomic E-state index is 14.4. The lowest BCUT2D eigenvalue weighted by atomic mass is 9.32. The first-order chi connectivity index (χ1) is 17.0. The number of aliphatic carboxylic acids is 1. The summed E-state index contributed by atoms with van der Waals surface area (Å²) in [6.07, 6.45) is 8.42. The van der Waals surface area contributed by atoms with Gasteiger partial charge in [-0.15, -0.1) is 0 Å². The van der Waals surface area contributed by atoms with Gasteiger partial charge >= 0.3 is 5.97 Å². The highest BCUT2D eigenvalue weighted by Gasteiger charge is 2.71. The van der Waals surface area contributed by atoms with Gasteiger partial charge in [0.15, 0.2) is 5.78 Å². The standard InChI is InChI=1S/C32H45NO4/c1-28(2)14-18(12-25(35)36)20-8-10-32(7)26(21(20)16-28)22(34)13-24-30(5)15-19(17-33)27(37)29(3,4)23(30)9-11-31(24,32)6/h15,18,20-21,23-24,26H,8-14,16H2,1-7H3,(H,35,36)/t18-,20-,21+,23+,24-,26+,30+,31-,32-/m1/s1. The maximum absolute atomic E-state index is 14.4. The quantitative estimate of drug-likeness (QED) is 0.453. The summed E-state index contributed by atoms with van der Waals surface area (Å²) in [5, 5.41) is 19.5. The third-order valence-electron chi connectivity index (χ3n) is 12.9. The Morgan fingerprint density at radius 2 is 1.62 bits per heavy atom. The molecule has 5 nitrogen and oxygen atoms in total. The molecule has 0 saturated heterocycles. The van der Waals surface area contributed by atoms with Crippen LogP contribution in [0.5, 0.6) is 0 Å². The second-order valence-electron chi connectivity index (χ2n) is 15.5. The molecule has 0 radical (unpaired) electrons. The number of fused-ring (bicyclic) bond motifs is 7. The van der Waals surface area contributed by atoms with E-state index in [-0.39, 0.29) is 69.0 Å². The summed E-state index contributed by atoms with van der Waals surface area (Å²) in [6, 6.07) is 2.20. The summed E-state index contributed by atoms with van der Waals surface area (Å²) < 4.78 is 0. The minimum atomic E-state index is -0.724. The monoisotopic (exact) mass is 507 g/mol. The molecule has 5 aliphatic rings. The summed E-state index contributed by atoms with van der Waals surface area (Å²) in [5.41, 5.74) is -0.963. The molecule has 202 valence electrons. The molecule has 0 bridgehead atoms. The first-order valence-electron chi connectivity index (χ1n) is 14.4. The van der Waals surface area contributed by atoms with Gasteiger partial charge in [-0.2, -0.15) is 5.26 Å². The lowest BCUT2D eigenvalue weighted by molar-refractivity contribution is -0.214. The fourth-order valence-electron chi connectivity index (χ4n) is 11.3. The minimum absolute atomic E-state index is 0.0272. The van der Waals surface area contributed by atoms with E-state index in [4.69, 9.17) is 0 Å². The van der Waals surface area contributed by atoms with Crippen molar-refractivity contribution in [3.63, 3.8) is 0 Å². The smallest absolute Gasteiger partial charge is 0.303 e. The van der Waals surface area contributed by atoms with E-state index >= 15 is 0 Å². The van der Waals surface area contributed by atoms with Crippen LogP contribution in [0.15, 0.2) is 11.6 Å². The van der Waals surface area contributed by atoms with E-state index in [1.807, 2.05) is 19.9 Å². The molecule has 1 N–H and O–H groups in total. The van der Waals surface area contributed by atoms with Gasteiger partial charge in [-0.05, 0) is 89.8 Å². The van der Waals surface area contributed by atoms with Crippen LogP contribution in [0.1, 0.15) is 99.8 Å². The zero-order valence-electron chi connectivity index (χ0n) is 23.8. The van der Waals surface area contributed by atoms with Crippen LogP contribution in [0.25, 0.3) is 0 Å². The Balaban J connectivity index is 1.59. The van der Waals surface area contributed by atoms with Gasteiger partial charge in [0.25, 0.3) is 0 Å². The van der Waals surface area contributed by atoms with Crippen molar-refractivity contribution in [2.45, 2.75) is 99.8 Å². The Kier molecular flexibility index (Phi) is 5.78. The lowest BCUT2D eigenvalue weighted by Gasteiger charge is -2.71. The number of hydrogen-bond donors (Lipinski definition) is 1. The normalized spacial score (nSPS) is 47.9. The number of allylic oxidation sites excluding steroid dienone is 2. The van der Waals surface area contributed by atoms with Crippen LogP contribution in [0, 0.1) is 73.9 Å². The molecule has 0 heterocycles. The molecule has 4 fully saturated rings. The van der Waals surface area contributed by atoms with Gasteiger partial charge in [0.1, 0.15) is 11.9 Å². The second-order valence-corrected chi connectivity index (χ2v) is 15.5. The second kappa shape index (κ2) is 8.03. The number of carbonyl (C=O) groups is 3. The molecular weight excluding hydrogens is 462 g/mol. The van der Waals surface area contributed by atoms with E-state index in [1.54, 1.807) is 0 Å². The van der Waals surface area contributed by atoms with E-state index in [9.17, 15) is 24.8 Å². The number of nitriles is 1. The van der Waals surface area contributed by atoms with Crippen molar-refractivity contribution in [1.29, 1.82) is 5.26 Å². The third kappa shape index (κ3) is 3.49. The van der Waals surface area contributed by atoms with Gasteiger partial charge in [-0.25, -0.2) is 0 Å². The molecule has 5 rings (SSSR count). The van der Waals surface area contributed by atoms with Crippen molar-refractivity contribution in [1.82, 2.24) is 0 Å². The molecule has 4 saturated carbocycles. The van der Waals surface area contributed by atoms with Gasteiger partial charge in [-0.3, -0.25) is 14.4 Å². The number of Topliss-reactive ketones (excluding diaryl/α,β-unsaturated/α-hetero) is 2. The van der Waals surface area contributed by atoms with Crippen molar-refractivity contribution in [3.05, 3.63) is 11.6 Å². The van der Waals surface area contributed by atoms with Gasteiger partial charge in [-0.1, -0.05) is 54.5 Å². The molecule has 0 unspecified atom stereocenters. The molecule has 0 aromatic carbocycles. The SMILES string of the molecule is CC1(C)C[C@@H](CC(=O)O)[C@H]2CC[C@]3(C)[C@H](C(=O)C[C@@H]4[C@@]5(C)C=C(C#N)C(=O)C(C)(C)[C@@H]5CC[C@]43C)[C@H]2C1. The van der Waals surface area contributed by atoms with Crippen molar-refractivity contribution in [2.75, 3.05) is 0 Å². The Labute approximate surface area is 222 Å². The van der Waals surface area contributed by atoms with Crippen LogP contribution in [0.3, 0.4) is 0 Å². The topological polar surface area (TPSA) is 95.2 Å². The maximum Gasteiger partial charge on any atom is 0.303 e. The number of carboxylic acids is 1. The highest BCUT2D eigenvalue weighted by molar-refractivity contribution is 6.04. The summed E-state index contributed by atoms with van der Waals surface area (Å²) >= 11 is 0. The van der Waals surface area contributed by atoms with Crippen molar-refractivity contribution >= 4 is 17.5 Å². The summed E-state index contributed by atoms with van der Waals surface area (Å²) in [7, 11) is 0. The van der Waals surface area contributed by atoms with Crippen LogP contribution in [-0.4, -0.2) is 22.6 Å². The Morgan fingerprint density at radius 1 is 0.973 bits per heavy atom. The number of carboxylic acid groups (broad SMARTS) is 1. The zero-order valence-corrected chi connectivity index (χ0v) is 23.8. The molecule has 5 heteroatoms. The molecule has 0 aliphatic heterocycles. The van der Waals surface area contributed by atoms with E-state index in [1.165, 1.54) is 0 Å². The van der Waals surface area contributed by atoms with Crippen LogP contribution in [0.2, 0.25) is 0 Å². The molecule has 37 heavy (non-hydrogen) atoms. The predicted molar refractivity (Wildman–Crippen MR) is 141 cm³/mol. The number of carbonyl (C=O) groups excluding carboxylic acids is 2. The van der Waals surface area contributed by atoms with Crippen LogP contribution >= 0.6 is 0 Å². The van der Waals surface area contributed by atoms with Crippen molar-refractivity contribution in [2.24, 2.45) is 62.6 Å². The molecule has 5 aliphatic carbocycles. The van der Waals surface area contributed by atoms with Crippen LogP contribution in [0.4, 0.5) is 0 Å². The third-order valence-corrected chi connectivity index (χ3v) is 12.9. The van der Waals surface area contributed by atoms with Crippen LogP contribution in [-0.2, 0) is 14.4 Å². The van der Waals surface area contributed by atoms with E-state index < -0.39 is 11.4 Å². The predicted octanol–water partition coefficient (Wildman–Crippen LogP) is 6.62. The average molecular weight is 508 g/mol. The molecule has 0 amide bonds. The summed E-state index contributed by atoms with van der Waals surface area (Å²) in [5.74, 6) is 0.391. The molecule has 0 aromatic rings. The Bertz CT molecular complexity index is 1130. The highest BCUT2D eigenvalue weighted by Crippen LogP contribution is 2.74. The first-order valence-corrected chi connectivity index (χ1v) is 14.4. The van der Waals surface area contributed by atoms with Gasteiger partial charge < -0.3 is 5.11 Å². The zero-order chi connectivity index (χ0) is 27.3. The van der Waals surface area contributed by atoms with Crippen molar-refractivity contribution in [3.8, 4) is 6.07 Å². The van der Waals surface area contributed by atoms with E-state index in [0.29, 0.717) is 18.1 Å².